The van der Waals surface area contributed by atoms with E-state index < -0.39 is 0 Å². The fraction of sp³-hybridized carbons (Fsp3) is 0.200. The van der Waals surface area contributed by atoms with Crippen molar-refractivity contribution in [1.29, 1.82) is 0 Å². The molecule has 1 atom stereocenters. The average molecular weight is 351 g/mol. The van der Waals surface area contributed by atoms with E-state index in [1.807, 2.05) is 25.1 Å². The average Bonchev–Trinajstić information content (AvgIpc) is 2.71. The zero-order valence-corrected chi connectivity index (χ0v) is 11.9. The first-order valence-electron chi connectivity index (χ1n) is 4.34. The molecule has 0 saturated heterocycles. The number of rotatable bonds is 2. The van der Waals surface area contributed by atoms with E-state index in [1.165, 1.54) is 0 Å². The van der Waals surface area contributed by atoms with Crippen molar-refractivity contribution in [2.45, 2.75) is 13.0 Å². The maximum atomic E-state index is 6.15. The Morgan fingerprint density at radius 2 is 2.13 bits per heavy atom. The van der Waals surface area contributed by atoms with Crippen LogP contribution in [0.25, 0.3) is 0 Å². The van der Waals surface area contributed by atoms with Gasteiger partial charge >= 0.3 is 0 Å². The summed E-state index contributed by atoms with van der Waals surface area (Å²) in [7, 11) is 0. The molecule has 0 radical (unpaired) electrons. The summed E-state index contributed by atoms with van der Waals surface area (Å²) < 4.78 is 7.21. The molecule has 2 nitrogen and oxygen atoms in total. The number of thiophene rings is 1. The molecule has 0 amide bonds. The molecular formula is C10H9Br2NOS. The van der Waals surface area contributed by atoms with Crippen LogP contribution >= 0.6 is 43.2 Å². The van der Waals surface area contributed by atoms with Crippen LogP contribution in [0.4, 0.5) is 0 Å². The largest absolute Gasteiger partial charge is 0.454 e. The van der Waals surface area contributed by atoms with Crippen molar-refractivity contribution in [2.24, 2.45) is 5.73 Å². The minimum atomic E-state index is -0.114. The second-order valence-electron chi connectivity index (χ2n) is 3.18. The first-order valence-corrected chi connectivity index (χ1v) is 6.75. The number of hydrogen-bond donors (Lipinski definition) is 1. The van der Waals surface area contributed by atoms with Gasteiger partial charge in [0.2, 0.25) is 0 Å². The quantitative estimate of drug-likeness (QED) is 0.880. The van der Waals surface area contributed by atoms with Crippen LogP contribution in [0.2, 0.25) is 0 Å². The molecule has 5 heteroatoms. The van der Waals surface area contributed by atoms with E-state index in [0.29, 0.717) is 0 Å². The Bertz CT molecular complexity index is 477. The highest BCUT2D eigenvalue weighted by Gasteiger charge is 2.16. The molecule has 0 aromatic carbocycles. The van der Waals surface area contributed by atoms with Gasteiger partial charge in [-0.25, -0.2) is 0 Å². The van der Waals surface area contributed by atoms with Crippen LogP contribution in [0.1, 0.15) is 22.2 Å². The van der Waals surface area contributed by atoms with Gasteiger partial charge < -0.3 is 10.2 Å². The van der Waals surface area contributed by atoms with Gasteiger partial charge in [-0.3, -0.25) is 0 Å². The van der Waals surface area contributed by atoms with Crippen molar-refractivity contribution in [1.82, 2.24) is 0 Å². The summed E-state index contributed by atoms with van der Waals surface area (Å²) in [5.41, 5.74) is 7.18. The van der Waals surface area contributed by atoms with Crippen LogP contribution in [-0.4, -0.2) is 0 Å². The number of halogens is 2. The van der Waals surface area contributed by atoms with Gasteiger partial charge in [-0.2, -0.15) is 0 Å². The molecule has 2 aromatic heterocycles. The van der Waals surface area contributed by atoms with Gasteiger partial charge in [-0.1, -0.05) is 0 Å². The van der Waals surface area contributed by atoms with Crippen molar-refractivity contribution < 1.29 is 4.42 Å². The Morgan fingerprint density at radius 1 is 1.40 bits per heavy atom. The molecule has 1 unspecified atom stereocenters. The predicted octanol–water partition coefficient (Wildman–Crippen LogP) is 4.22. The van der Waals surface area contributed by atoms with E-state index >= 15 is 0 Å². The second-order valence-corrected chi connectivity index (χ2v) is 6.46. The van der Waals surface area contributed by atoms with Gasteiger partial charge in [0.25, 0.3) is 0 Å². The highest BCUT2D eigenvalue weighted by Crippen LogP contribution is 2.33. The van der Waals surface area contributed by atoms with E-state index in [1.54, 1.807) is 11.3 Å². The first-order chi connectivity index (χ1) is 7.08. The monoisotopic (exact) mass is 349 g/mol. The molecule has 0 fully saturated rings. The lowest BCUT2D eigenvalue weighted by Crippen LogP contribution is -2.10. The third kappa shape index (κ3) is 2.36. The minimum Gasteiger partial charge on any atom is -0.454 e. The fourth-order valence-electron chi connectivity index (χ4n) is 1.42. The van der Waals surface area contributed by atoms with E-state index in [4.69, 9.17) is 10.2 Å². The summed E-state index contributed by atoms with van der Waals surface area (Å²) in [6.07, 6.45) is 0. The van der Waals surface area contributed by atoms with Gasteiger partial charge in [0.05, 0.1) is 9.83 Å². The number of aryl methyl sites for hydroxylation is 1. The van der Waals surface area contributed by atoms with E-state index in [2.05, 4.69) is 31.9 Å². The van der Waals surface area contributed by atoms with Crippen LogP contribution in [0, 0.1) is 6.92 Å². The van der Waals surface area contributed by atoms with Crippen molar-refractivity contribution in [3.05, 3.63) is 42.9 Å². The van der Waals surface area contributed by atoms with Gasteiger partial charge in [-0.15, -0.1) is 11.3 Å². The zero-order valence-electron chi connectivity index (χ0n) is 7.96. The van der Waals surface area contributed by atoms with Crippen LogP contribution in [0.15, 0.2) is 31.1 Å². The van der Waals surface area contributed by atoms with Gasteiger partial charge in [0.15, 0.2) is 4.67 Å². The molecule has 0 bridgehead atoms. The van der Waals surface area contributed by atoms with Gasteiger partial charge in [0, 0.05) is 10.4 Å². The lowest BCUT2D eigenvalue weighted by molar-refractivity contribution is 0.505. The Morgan fingerprint density at radius 3 is 2.60 bits per heavy atom. The van der Waals surface area contributed by atoms with E-state index in [9.17, 15) is 0 Å². The van der Waals surface area contributed by atoms with E-state index in [-0.39, 0.29) is 6.04 Å². The SMILES string of the molecule is Cc1oc(Br)cc1C(N)c1ccc(Br)s1. The molecule has 2 aromatic rings. The van der Waals surface area contributed by atoms with E-state index in [0.717, 1.165) is 24.7 Å². The summed E-state index contributed by atoms with van der Waals surface area (Å²) in [5.74, 6) is 0.860. The summed E-state index contributed by atoms with van der Waals surface area (Å²) >= 11 is 8.37. The lowest BCUT2D eigenvalue weighted by Gasteiger charge is -2.07. The number of furan rings is 1. The molecule has 0 aliphatic carbocycles. The molecule has 0 aliphatic heterocycles. The highest BCUT2D eigenvalue weighted by molar-refractivity contribution is 9.11. The number of hydrogen-bond acceptors (Lipinski definition) is 3. The molecule has 2 rings (SSSR count). The smallest absolute Gasteiger partial charge is 0.169 e. The minimum absolute atomic E-state index is 0.114. The molecule has 2 heterocycles. The number of nitrogens with two attached hydrogens (primary N) is 1. The van der Waals surface area contributed by atoms with Crippen LogP contribution < -0.4 is 5.73 Å². The van der Waals surface area contributed by atoms with Crippen molar-refractivity contribution in [2.75, 3.05) is 0 Å². The molecule has 0 saturated carbocycles. The topological polar surface area (TPSA) is 39.2 Å². The second kappa shape index (κ2) is 4.41. The van der Waals surface area contributed by atoms with Crippen LogP contribution in [0.3, 0.4) is 0 Å². The standard InChI is InChI=1S/C10H9Br2NOS/c1-5-6(4-8(11)14-5)10(13)7-2-3-9(12)15-7/h2-4,10H,13H2,1H3. The summed E-state index contributed by atoms with van der Waals surface area (Å²) in [6, 6.07) is 5.84. The first kappa shape index (κ1) is 11.4. The van der Waals surface area contributed by atoms with Crippen molar-refractivity contribution in [3.8, 4) is 0 Å². The maximum Gasteiger partial charge on any atom is 0.169 e. The van der Waals surface area contributed by atoms with Crippen LogP contribution in [0.5, 0.6) is 0 Å². The predicted molar refractivity (Wildman–Crippen MR) is 69.2 cm³/mol. The molecule has 0 spiro atoms. The summed E-state index contributed by atoms with van der Waals surface area (Å²) in [4.78, 5) is 1.12. The van der Waals surface area contributed by atoms with Gasteiger partial charge in [0.1, 0.15) is 5.76 Å². The van der Waals surface area contributed by atoms with Gasteiger partial charge in [-0.05, 0) is 57.0 Å². The maximum absolute atomic E-state index is 6.15. The highest BCUT2D eigenvalue weighted by atomic mass is 79.9. The molecule has 2 N–H and O–H groups in total. The van der Waals surface area contributed by atoms with Crippen LogP contribution in [-0.2, 0) is 0 Å². The molecule has 80 valence electrons. The third-order valence-electron chi connectivity index (χ3n) is 2.16. The van der Waals surface area contributed by atoms with Crippen molar-refractivity contribution >= 4 is 43.2 Å². The Balaban J connectivity index is 2.35. The summed E-state index contributed by atoms with van der Waals surface area (Å²) in [5, 5.41) is 0. The fourth-order valence-corrected chi connectivity index (χ4v) is 3.35. The summed E-state index contributed by atoms with van der Waals surface area (Å²) in [6.45, 7) is 1.92. The Kier molecular flexibility index (Phi) is 3.35. The molecule has 0 aliphatic rings. The lowest BCUT2D eigenvalue weighted by atomic mass is 10.1. The zero-order chi connectivity index (χ0) is 11.0. The normalized spacial score (nSPS) is 13.1. The Hall–Kier alpha value is -0.100. The molecule has 15 heavy (non-hydrogen) atoms. The third-order valence-corrected chi connectivity index (χ3v) is 4.26. The molecular weight excluding hydrogens is 342 g/mol. The Labute approximate surface area is 109 Å². The van der Waals surface area contributed by atoms with Crippen molar-refractivity contribution in [3.63, 3.8) is 0 Å².